The normalized spacial score (nSPS) is 11.1. The van der Waals surface area contributed by atoms with Gasteiger partial charge in [-0.1, -0.05) is 25.6 Å². The summed E-state index contributed by atoms with van der Waals surface area (Å²) in [6.07, 6.45) is 0. The summed E-state index contributed by atoms with van der Waals surface area (Å²) in [5.74, 6) is 0.660. The molecule has 0 radical (unpaired) electrons. The van der Waals surface area contributed by atoms with Gasteiger partial charge in [-0.05, 0) is 48.4 Å². The third-order valence-electron chi connectivity index (χ3n) is 5.07. The first kappa shape index (κ1) is 25.5. The summed E-state index contributed by atoms with van der Waals surface area (Å²) in [6, 6.07) is 11.8. The molecule has 0 unspecified atom stereocenters. The van der Waals surface area contributed by atoms with Gasteiger partial charge in [0.2, 0.25) is 0 Å². The maximum atomic E-state index is 13.3. The van der Waals surface area contributed by atoms with Crippen LogP contribution in [-0.2, 0) is 11.3 Å². The Balaban J connectivity index is 1.90. The second-order valence-corrected chi connectivity index (χ2v) is 9.07. The average Bonchev–Trinajstić information content (AvgIpc) is 2.84. The van der Waals surface area contributed by atoms with Gasteiger partial charge in [0.1, 0.15) is 5.75 Å². The molecule has 0 aliphatic rings. The van der Waals surface area contributed by atoms with Gasteiger partial charge >= 0.3 is 0 Å². The zero-order chi connectivity index (χ0) is 24.7. The van der Waals surface area contributed by atoms with Crippen molar-refractivity contribution in [3.8, 4) is 5.75 Å². The molecular formula is C25H29N3O5S. The Kier molecular flexibility index (Phi) is 8.84. The van der Waals surface area contributed by atoms with E-state index in [4.69, 9.17) is 9.47 Å². The van der Waals surface area contributed by atoms with E-state index in [-0.39, 0.29) is 28.9 Å². The zero-order valence-corrected chi connectivity index (χ0v) is 20.6. The minimum Gasteiger partial charge on any atom is -0.497 e. The molecule has 0 atom stereocenters. The van der Waals surface area contributed by atoms with Gasteiger partial charge in [0.05, 0.1) is 30.4 Å². The number of aromatic nitrogens is 2. The molecule has 3 aromatic rings. The molecule has 0 fully saturated rings. The number of benzene rings is 2. The van der Waals surface area contributed by atoms with E-state index in [2.05, 4.69) is 10.3 Å². The zero-order valence-electron chi connectivity index (χ0n) is 19.8. The molecule has 0 saturated carbocycles. The number of hydrogen-bond acceptors (Lipinski definition) is 7. The van der Waals surface area contributed by atoms with Crippen LogP contribution in [0.4, 0.5) is 0 Å². The van der Waals surface area contributed by atoms with E-state index >= 15 is 0 Å². The van der Waals surface area contributed by atoms with Gasteiger partial charge in [0, 0.05) is 31.3 Å². The van der Waals surface area contributed by atoms with Crippen LogP contribution in [0.2, 0.25) is 0 Å². The lowest BCUT2D eigenvalue weighted by atomic mass is 10.1. The first-order valence-electron chi connectivity index (χ1n) is 11.0. The Bertz CT molecular complexity index is 1220. The van der Waals surface area contributed by atoms with Gasteiger partial charge < -0.3 is 14.8 Å². The fourth-order valence-corrected chi connectivity index (χ4v) is 4.24. The fraction of sp³-hybridized carbons (Fsp3) is 0.360. The number of carbonyl (C=O) groups excluding carboxylic acids is 2. The molecule has 1 N–H and O–H groups in total. The van der Waals surface area contributed by atoms with Crippen LogP contribution in [0.3, 0.4) is 0 Å². The number of nitrogens with zero attached hydrogens (tertiary/aromatic N) is 2. The quantitative estimate of drug-likeness (QED) is 0.193. The minimum atomic E-state index is -0.268. The van der Waals surface area contributed by atoms with Crippen LogP contribution in [0.15, 0.2) is 52.4 Å². The number of amides is 1. The molecule has 34 heavy (non-hydrogen) atoms. The summed E-state index contributed by atoms with van der Waals surface area (Å²) >= 11 is 1.22. The van der Waals surface area contributed by atoms with Gasteiger partial charge in [0.25, 0.3) is 11.5 Å². The van der Waals surface area contributed by atoms with Crippen molar-refractivity contribution in [3.63, 3.8) is 0 Å². The maximum Gasteiger partial charge on any atom is 0.262 e. The van der Waals surface area contributed by atoms with Crippen molar-refractivity contribution in [1.82, 2.24) is 14.9 Å². The summed E-state index contributed by atoms with van der Waals surface area (Å²) in [5.41, 5.74) is 1.19. The number of ketones is 1. The van der Waals surface area contributed by atoms with Crippen LogP contribution in [0.5, 0.6) is 5.75 Å². The highest BCUT2D eigenvalue weighted by atomic mass is 32.2. The summed E-state index contributed by atoms with van der Waals surface area (Å²) in [7, 11) is 3.13. The molecule has 1 amide bonds. The molecule has 0 aliphatic carbocycles. The Morgan fingerprint density at radius 1 is 1.09 bits per heavy atom. The molecule has 0 bridgehead atoms. The number of methoxy groups -OCH3 is 2. The molecular weight excluding hydrogens is 454 g/mol. The van der Waals surface area contributed by atoms with Crippen LogP contribution in [-0.4, -0.2) is 54.4 Å². The van der Waals surface area contributed by atoms with Gasteiger partial charge in [-0.2, -0.15) is 0 Å². The Labute approximate surface area is 202 Å². The number of fused-ring (bicyclic) bond motifs is 1. The second kappa shape index (κ2) is 11.8. The van der Waals surface area contributed by atoms with Crippen molar-refractivity contribution in [2.24, 2.45) is 5.92 Å². The molecule has 2 aromatic carbocycles. The summed E-state index contributed by atoms with van der Waals surface area (Å²) in [6.45, 7) is 5.29. The molecule has 1 heterocycles. The lowest BCUT2D eigenvalue weighted by molar-refractivity contribution is 0.0936. The third kappa shape index (κ3) is 6.24. The number of hydrogen-bond donors (Lipinski definition) is 1. The number of rotatable bonds is 11. The average molecular weight is 484 g/mol. The van der Waals surface area contributed by atoms with E-state index in [1.165, 1.54) is 11.8 Å². The highest BCUT2D eigenvalue weighted by Crippen LogP contribution is 2.22. The van der Waals surface area contributed by atoms with Crippen LogP contribution < -0.4 is 15.6 Å². The number of Topliss-reactive ketones (excluding diaryl/α,β-unsaturated/α-hetero) is 1. The molecule has 0 spiro atoms. The van der Waals surface area contributed by atoms with Crippen LogP contribution in [0.25, 0.3) is 10.9 Å². The summed E-state index contributed by atoms with van der Waals surface area (Å²) < 4.78 is 11.7. The molecule has 1 aromatic heterocycles. The SMILES string of the molecule is COCCNC(=O)c1ccc2c(=O)n(CC(C)C)c(SCC(=O)c3ccc(OC)cc3)nc2c1. The van der Waals surface area contributed by atoms with Crippen LogP contribution in [0.1, 0.15) is 34.6 Å². The van der Waals surface area contributed by atoms with Gasteiger partial charge in [-0.15, -0.1) is 0 Å². The number of nitrogens with one attached hydrogen (secondary N) is 1. The van der Waals surface area contributed by atoms with Crippen molar-refractivity contribution in [2.75, 3.05) is 33.1 Å². The largest absolute Gasteiger partial charge is 0.497 e. The number of ether oxygens (including phenoxy) is 2. The standard InChI is InChI=1S/C25H29N3O5S/c1-16(2)14-28-24(31)20-10-7-18(23(30)26-11-12-32-3)13-21(20)27-25(28)34-15-22(29)17-5-8-19(33-4)9-6-17/h5-10,13,16H,11-12,14-15H2,1-4H3,(H,26,30). The molecule has 0 saturated heterocycles. The lowest BCUT2D eigenvalue weighted by Gasteiger charge is -2.15. The molecule has 3 rings (SSSR count). The number of carbonyl (C=O) groups is 2. The predicted octanol–water partition coefficient (Wildman–Crippen LogP) is 3.41. The van der Waals surface area contributed by atoms with Crippen molar-refractivity contribution in [3.05, 3.63) is 63.9 Å². The first-order chi connectivity index (χ1) is 16.3. The van der Waals surface area contributed by atoms with Crippen molar-refractivity contribution in [2.45, 2.75) is 25.5 Å². The molecule has 9 heteroatoms. The van der Waals surface area contributed by atoms with Gasteiger partial charge in [-0.25, -0.2) is 4.98 Å². The smallest absolute Gasteiger partial charge is 0.262 e. The minimum absolute atomic E-state index is 0.0793. The Morgan fingerprint density at radius 3 is 2.44 bits per heavy atom. The molecule has 180 valence electrons. The summed E-state index contributed by atoms with van der Waals surface area (Å²) in [5, 5.41) is 3.64. The van der Waals surface area contributed by atoms with E-state index < -0.39 is 0 Å². The van der Waals surface area contributed by atoms with E-state index in [1.807, 2.05) is 13.8 Å². The van der Waals surface area contributed by atoms with Gasteiger partial charge in [-0.3, -0.25) is 19.0 Å². The molecule has 0 aliphatic heterocycles. The summed E-state index contributed by atoms with van der Waals surface area (Å²) in [4.78, 5) is 43.1. The first-order valence-corrected chi connectivity index (χ1v) is 11.9. The third-order valence-corrected chi connectivity index (χ3v) is 6.04. The lowest BCUT2D eigenvalue weighted by Crippen LogP contribution is -2.28. The molecule has 8 nitrogen and oxygen atoms in total. The highest BCUT2D eigenvalue weighted by Gasteiger charge is 2.17. The monoisotopic (exact) mass is 483 g/mol. The van der Waals surface area contributed by atoms with Crippen molar-refractivity contribution >= 4 is 34.4 Å². The Morgan fingerprint density at radius 2 is 1.79 bits per heavy atom. The Hall–Kier alpha value is -3.17. The van der Waals surface area contributed by atoms with Crippen LogP contribution in [0, 0.1) is 5.92 Å². The van der Waals surface area contributed by atoms with E-state index in [0.29, 0.717) is 52.6 Å². The fourth-order valence-electron chi connectivity index (χ4n) is 3.34. The van der Waals surface area contributed by atoms with E-state index in [0.717, 1.165) is 0 Å². The highest BCUT2D eigenvalue weighted by molar-refractivity contribution is 7.99. The van der Waals surface area contributed by atoms with E-state index in [9.17, 15) is 14.4 Å². The second-order valence-electron chi connectivity index (χ2n) is 8.12. The maximum absolute atomic E-state index is 13.3. The van der Waals surface area contributed by atoms with Crippen molar-refractivity contribution < 1.29 is 19.1 Å². The number of thioether (sulfide) groups is 1. The van der Waals surface area contributed by atoms with Crippen LogP contribution >= 0.6 is 11.8 Å². The topological polar surface area (TPSA) is 99.5 Å². The van der Waals surface area contributed by atoms with Gasteiger partial charge in [0.15, 0.2) is 10.9 Å². The van der Waals surface area contributed by atoms with Crippen molar-refractivity contribution in [1.29, 1.82) is 0 Å². The predicted molar refractivity (Wildman–Crippen MR) is 133 cm³/mol. The van der Waals surface area contributed by atoms with E-state index in [1.54, 1.807) is 61.3 Å².